The first-order valence-electron chi connectivity index (χ1n) is 6.30. The quantitative estimate of drug-likeness (QED) is 0.816. The zero-order valence-electron chi connectivity index (χ0n) is 11.0. The number of carbonyl (C=O) groups excluding carboxylic acids is 1. The Morgan fingerprint density at radius 2 is 2.22 bits per heavy atom. The van der Waals surface area contributed by atoms with Crippen LogP contribution in [0.3, 0.4) is 0 Å². The number of carbonyl (C=O) groups is 1. The van der Waals surface area contributed by atoms with Gasteiger partial charge in [-0.05, 0) is 17.5 Å². The summed E-state index contributed by atoms with van der Waals surface area (Å²) in [5, 5.41) is 2.73. The lowest BCUT2D eigenvalue weighted by Crippen LogP contribution is -2.24. The minimum atomic E-state index is -0.318. The molecule has 4 heteroatoms. The van der Waals surface area contributed by atoms with Gasteiger partial charge in [0.2, 0.25) is 5.91 Å². The number of hydrogen-bond acceptors (Lipinski definition) is 2. The molecule has 0 fully saturated rings. The first-order chi connectivity index (χ1) is 8.56. The normalized spacial score (nSPS) is 12.2. The summed E-state index contributed by atoms with van der Waals surface area (Å²) < 4.78 is 13.6. The van der Waals surface area contributed by atoms with Gasteiger partial charge in [-0.2, -0.15) is 0 Å². The standard InChI is InChI=1S/C14H21FN2O/c1-3-10(2)6-14(18)17-9-12-5-4-11(8-16)7-13(12)15/h4-5,7,10H,3,6,8-9,16H2,1-2H3,(H,17,18). The lowest BCUT2D eigenvalue weighted by atomic mass is 10.0. The van der Waals surface area contributed by atoms with E-state index >= 15 is 0 Å². The third kappa shape index (κ3) is 4.45. The van der Waals surface area contributed by atoms with E-state index in [0.717, 1.165) is 12.0 Å². The average Bonchev–Trinajstić information content (AvgIpc) is 2.36. The molecule has 0 aliphatic rings. The smallest absolute Gasteiger partial charge is 0.220 e. The van der Waals surface area contributed by atoms with Gasteiger partial charge in [-0.25, -0.2) is 4.39 Å². The van der Waals surface area contributed by atoms with Crippen molar-refractivity contribution in [1.82, 2.24) is 5.32 Å². The van der Waals surface area contributed by atoms with Crippen LogP contribution < -0.4 is 11.1 Å². The molecule has 0 spiro atoms. The number of halogens is 1. The van der Waals surface area contributed by atoms with E-state index in [1.54, 1.807) is 12.1 Å². The molecule has 1 aromatic carbocycles. The van der Waals surface area contributed by atoms with Gasteiger partial charge in [-0.15, -0.1) is 0 Å². The van der Waals surface area contributed by atoms with Crippen molar-refractivity contribution in [2.24, 2.45) is 11.7 Å². The summed E-state index contributed by atoms with van der Waals surface area (Å²) in [6, 6.07) is 4.86. The molecule has 1 unspecified atom stereocenters. The Bertz CT molecular complexity index is 407. The van der Waals surface area contributed by atoms with E-state index in [2.05, 4.69) is 5.32 Å². The zero-order chi connectivity index (χ0) is 13.5. The molecule has 3 N–H and O–H groups in total. The highest BCUT2D eigenvalue weighted by molar-refractivity contribution is 5.76. The first-order valence-corrected chi connectivity index (χ1v) is 6.30. The van der Waals surface area contributed by atoms with Crippen LogP contribution in [-0.2, 0) is 17.9 Å². The molecule has 18 heavy (non-hydrogen) atoms. The largest absolute Gasteiger partial charge is 0.352 e. The highest BCUT2D eigenvalue weighted by Crippen LogP contribution is 2.11. The van der Waals surface area contributed by atoms with Crippen LogP contribution in [0.5, 0.6) is 0 Å². The molecule has 1 aromatic rings. The molecule has 1 rings (SSSR count). The molecule has 3 nitrogen and oxygen atoms in total. The minimum absolute atomic E-state index is 0.0355. The van der Waals surface area contributed by atoms with Crippen LogP contribution in [0.2, 0.25) is 0 Å². The van der Waals surface area contributed by atoms with E-state index in [-0.39, 0.29) is 18.3 Å². The van der Waals surface area contributed by atoms with Crippen molar-refractivity contribution in [3.63, 3.8) is 0 Å². The van der Waals surface area contributed by atoms with E-state index in [4.69, 9.17) is 5.73 Å². The number of nitrogens with two attached hydrogens (primary N) is 1. The maximum atomic E-state index is 13.6. The van der Waals surface area contributed by atoms with Gasteiger partial charge in [-0.1, -0.05) is 32.4 Å². The van der Waals surface area contributed by atoms with Crippen molar-refractivity contribution in [1.29, 1.82) is 0 Å². The van der Waals surface area contributed by atoms with Gasteiger partial charge in [0.1, 0.15) is 5.82 Å². The topological polar surface area (TPSA) is 55.1 Å². The van der Waals surface area contributed by atoms with Crippen molar-refractivity contribution in [2.45, 2.75) is 39.8 Å². The van der Waals surface area contributed by atoms with Crippen molar-refractivity contribution in [3.8, 4) is 0 Å². The Morgan fingerprint density at radius 1 is 1.50 bits per heavy atom. The van der Waals surface area contributed by atoms with E-state index < -0.39 is 0 Å². The molecule has 0 saturated heterocycles. The van der Waals surface area contributed by atoms with Crippen molar-refractivity contribution in [2.75, 3.05) is 0 Å². The van der Waals surface area contributed by atoms with Gasteiger partial charge >= 0.3 is 0 Å². The number of nitrogens with one attached hydrogen (secondary N) is 1. The maximum Gasteiger partial charge on any atom is 0.220 e. The van der Waals surface area contributed by atoms with Gasteiger partial charge in [-0.3, -0.25) is 4.79 Å². The summed E-state index contributed by atoms with van der Waals surface area (Å²) >= 11 is 0. The van der Waals surface area contributed by atoms with Crippen molar-refractivity contribution in [3.05, 3.63) is 35.1 Å². The molecule has 1 atom stereocenters. The van der Waals surface area contributed by atoms with Gasteiger partial charge in [0.05, 0.1) is 0 Å². The van der Waals surface area contributed by atoms with Crippen LogP contribution in [-0.4, -0.2) is 5.91 Å². The second kappa shape index (κ2) is 7.11. The molecule has 0 heterocycles. The number of rotatable bonds is 6. The number of hydrogen-bond donors (Lipinski definition) is 2. The molecule has 1 amide bonds. The summed E-state index contributed by atoms with van der Waals surface area (Å²) in [6.07, 6.45) is 1.45. The maximum absolute atomic E-state index is 13.6. The summed E-state index contributed by atoms with van der Waals surface area (Å²) in [4.78, 5) is 11.6. The van der Waals surface area contributed by atoms with Crippen LogP contribution in [0.4, 0.5) is 4.39 Å². The van der Waals surface area contributed by atoms with E-state index in [9.17, 15) is 9.18 Å². The SMILES string of the molecule is CCC(C)CC(=O)NCc1ccc(CN)cc1F. The summed E-state index contributed by atoms with van der Waals surface area (Å²) in [5.41, 5.74) is 6.67. The highest BCUT2D eigenvalue weighted by Gasteiger charge is 2.08. The van der Waals surface area contributed by atoms with E-state index in [1.165, 1.54) is 6.07 Å². The van der Waals surface area contributed by atoms with Gasteiger partial charge in [0.15, 0.2) is 0 Å². The Labute approximate surface area is 108 Å². The van der Waals surface area contributed by atoms with Crippen LogP contribution in [0.25, 0.3) is 0 Å². The zero-order valence-corrected chi connectivity index (χ0v) is 11.0. The molecular formula is C14H21FN2O. The van der Waals surface area contributed by atoms with Crippen molar-refractivity contribution >= 4 is 5.91 Å². The lowest BCUT2D eigenvalue weighted by Gasteiger charge is -2.10. The molecule has 0 radical (unpaired) electrons. The van der Waals surface area contributed by atoms with E-state index in [1.807, 2.05) is 13.8 Å². The minimum Gasteiger partial charge on any atom is -0.352 e. The Hall–Kier alpha value is -1.42. The first kappa shape index (κ1) is 14.6. The van der Waals surface area contributed by atoms with Crippen LogP contribution in [0.15, 0.2) is 18.2 Å². The number of amides is 1. The summed E-state index contributed by atoms with van der Waals surface area (Å²) in [5.74, 6) is 0.00269. The van der Waals surface area contributed by atoms with Crippen LogP contribution in [0, 0.1) is 11.7 Å². The molecule has 0 aliphatic carbocycles. The molecule has 0 bridgehead atoms. The third-order valence-corrected chi connectivity index (χ3v) is 3.06. The molecule has 0 aliphatic heterocycles. The Morgan fingerprint density at radius 3 is 2.78 bits per heavy atom. The average molecular weight is 252 g/mol. The Kier molecular flexibility index (Phi) is 5.78. The third-order valence-electron chi connectivity index (χ3n) is 3.06. The molecular weight excluding hydrogens is 231 g/mol. The number of benzene rings is 1. The van der Waals surface area contributed by atoms with Crippen LogP contribution in [0.1, 0.15) is 37.8 Å². The van der Waals surface area contributed by atoms with Gasteiger partial charge < -0.3 is 11.1 Å². The second-order valence-corrected chi connectivity index (χ2v) is 4.62. The molecule has 0 saturated carbocycles. The van der Waals surface area contributed by atoms with Crippen molar-refractivity contribution < 1.29 is 9.18 Å². The lowest BCUT2D eigenvalue weighted by molar-refractivity contribution is -0.122. The highest BCUT2D eigenvalue weighted by atomic mass is 19.1. The summed E-state index contributed by atoms with van der Waals surface area (Å²) in [7, 11) is 0. The van der Waals surface area contributed by atoms with Crippen LogP contribution >= 0.6 is 0 Å². The predicted molar refractivity (Wildman–Crippen MR) is 70.2 cm³/mol. The van der Waals surface area contributed by atoms with Gasteiger partial charge in [0.25, 0.3) is 0 Å². The monoisotopic (exact) mass is 252 g/mol. The molecule has 100 valence electrons. The summed E-state index contributed by atoms with van der Waals surface area (Å²) in [6.45, 7) is 4.61. The Balaban J connectivity index is 2.51. The second-order valence-electron chi connectivity index (χ2n) is 4.62. The van der Waals surface area contributed by atoms with E-state index in [0.29, 0.717) is 24.4 Å². The fraction of sp³-hybridized carbons (Fsp3) is 0.500. The predicted octanol–water partition coefficient (Wildman–Crippen LogP) is 2.34. The van der Waals surface area contributed by atoms with Gasteiger partial charge in [0, 0.05) is 25.1 Å². The molecule has 0 aromatic heterocycles. The fourth-order valence-corrected chi connectivity index (χ4v) is 1.59. The fourth-order valence-electron chi connectivity index (χ4n) is 1.59.